The third kappa shape index (κ3) is 4.79. The highest BCUT2D eigenvalue weighted by molar-refractivity contribution is 5.98. The first-order valence-corrected chi connectivity index (χ1v) is 8.95. The Kier molecular flexibility index (Phi) is 7.43. The first kappa shape index (κ1) is 22.9. The monoisotopic (exact) mass is 430 g/mol. The molecule has 1 atom stereocenters. The van der Waals surface area contributed by atoms with E-state index in [0.29, 0.717) is 12.1 Å². The zero-order chi connectivity index (χ0) is 20.4. The molecule has 1 aromatic heterocycles. The number of amides is 1. The fourth-order valence-electron chi connectivity index (χ4n) is 3.55. The molecular weight excluding hydrogens is 409 g/mol. The van der Waals surface area contributed by atoms with Gasteiger partial charge in [0.2, 0.25) is 5.91 Å². The Bertz CT molecular complexity index is 874. The largest absolute Gasteiger partial charge is 0.341 e. The zero-order valence-corrected chi connectivity index (χ0v) is 16.8. The Hall–Kier alpha value is -2.39. The summed E-state index contributed by atoms with van der Waals surface area (Å²) in [5.74, 6) is -4.94. The average Bonchev–Trinajstić information content (AvgIpc) is 3.07. The van der Waals surface area contributed by atoms with Gasteiger partial charge in [0.25, 0.3) is 0 Å². The molecule has 10 heteroatoms. The fourth-order valence-corrected chi connectivity index (χ4v) is 3.55. The smallest absolute Gasteiger partial charge is 0.244 e. The summed E-state index contributed by atoms with van der Waals surface area (Å²) < 4.78 is 42.4. The second kappa shape index (κ2) is 9.41. The van der Waals surface area contributed by atoms with Gasteiger partial charge in [-0.2, -0.15) is 5.10 Å². The molecule has 1 saturated heterocycles. The second-order valence-electron chi connectivity index (χ2n) is 6.88. The predicted molar refractivity (Wildman–Crippen MR) is 102 cm³/mol. The molecule has 0 saturated carbocycles. The summed E-state index contributed by atoms with van der Waals surface area (Å²) in [7, 11) is 3.43. The van der Waals surface area contributed by atoms with Crippen LogP contribution in [0, 0.1) is 23.4 Å². The molecule has 2 aromatic rings. The van der Waals surface area contributed by atoms with Gasteiger partial charge in [0.15, 0.2) is 5.78 Å². The lowest BCUT2D eigenvalue weighted by Gasteiger charge is -2.33. The van der Waals surface area contributed by atoms with E-state index in [1.165, 1.54) is 0 Å². The van der Waals surface area contributed by atoms with Crippen molar-refractivity contribution < 1.29 is 22.8 Å². The predicted octanol–water partition coefficient (Wildman–Crippen LogP) is 2.64. The number of Topliss-reactive ketones (excluding diaryl/α,β-unsaturated/α-hetero) is 1. The minimum Gasteiger partial charge on any atom is -0.341 e. The molecule has 1 aromatic carbocycles. The first-order chi connectivity index (χ1) is 13.3. The van der Waals surface area contributed by atoms with Crippen molar-refractivity contribution in [1.29, 1.82) is 0 Å². The highest BCUT2D eigenvalue weighted by Gasteiger charge is 2.33. The van der Waals surface area contributed by atoms with Crippen LogP contribution in [-0.2, 0) is 11.8 Å². The van der Waals surface area contributed by atoms with E-state index in [1.54, 1.807) is 36.1 Å². The van der Waals surface area contributed by atoms with Crippen molar-refractivity contribution in [3.05, 3.63) is 53.1 Å². The molecule has 1 N–H and O–H groups in total. The van der Waals surface area contributed by atoms with Crippen LogP contribution < -0.4 is 5.32 Å². The lowest BCUT2D eigenvalue weighted by atomic mass is 9.88. The van der Waals surface area contributed by atoms with Gasteiger partial charge in [-0.25, -0.2) is 13.2 Å². The number of aryl methyl sites for hydroxylation is 1. The third-order valence-electron chi connectivity index (χ3n) is 5.02. The van der Waals surface area contributed by atoms with Crippen LogP contribution >= 0.6 is 12.4 Å². The van der Waals surface area contributed by atoms with Crippen LogP contribution in [0.5, 0.6) is 0 Å². The SMILES string of the molecule is CNC(C(=O)N1CCC(C(=O)c2c(F)cc(F)cc2F)CC1)c1cnn(C)c1.Cl. The van der Waals surface area contributed by atoms with Crippen LogP contribution in [0.15, 0.2) is 24.5 Å². The number of ketones is 1. The van der Waals surface area contributed by atoms with Crippen molar-refractivity contribution in [3.63, 3.8) is 0 Å². The highest BCUT2D eigenvalue weighted by Crippen LogP contribution is 2.27. The van der Waals surface area contributed by atoms with Crippen molar-refractivity contribution in [2.24, 2.45) is 13.0 Å². The van der Waals surface area contributed by atoms with Gasteiger partial charge in [-0.05, 0) is 19.9 Å². The minimum atomic E-state index is -1.20. The first-order valence-electron chi connectivity index (χ1n) is 8.95. The quantitative estimate of drug-likeness (QED) is 0.740. The number of likely N-dealkylation sites (N-methyl/N-ethyl adjacent to an activating group) is 1. The van der Waals surface area contributed by atoms with Crippen LogP contribution in [-0.4, -0.2) is 46.5 Å². The number of rotatable bonds is 5. The molecule has 0 spiro atoms. The maximum Gasteiger partial charge on any atom is 0.244 e. The number of halogens is 4. The van der Waals surface area contributed by atoms with E-state index in [4.69, 9.17) is 0 Å². The zero-order valence-electron chi connectivity index (χ0n) is 16.0. The van der Waals surface area contributed by atoms with Crippen LogP contribution in [0.2, 0.25) is 0 Å². The molecule has 0 bridgehead atoms. The molecule has 6 nitrogen and oxygen atoms in total. The van der Waals surface area contributed by atoms with E-state index in [0.717, 1.165) is 5.56 Å². The van der Waals surface area contributed by atoms with Crippen molar-refractivity contribution in [2.45, 2.75) is 18.9 Å². The van der Waals surface area contributed by atoms with Crippen molar-refractivity contribution in [1.82, 2.24) is 20.0 Å². The Morgan fingerprint density at radius 3 is 2.24 bits per heavy atom. The topological polar surface area (TPSA) is 67.2 Å². The van der Waals surface area contributed by atoms with Crippen molar-refractivity contribution in [3.8, 4) is 0 Å². The molecule has 158 valence electrons. The van der Waals surface area contributed by atoms with Gasteiger partial charge in [-0.15, -0.1) is 12.4 Å². The molecule has 0 radical (unpaired) electrons. The van der Waals surface area contributed by atoms with Crippen LogP contribution in [0.3, 0.4) is 0 Å². The van der Waals surface area contributed by atoms with Gasteiger partial charge < -0.3 is 10.2 Å². The number of nitrogens with one attached hydrogen (secondary N) is 1. The van der Waals surface area contributed by atoms with Crippen molar-refractivity contribution >= 4 is 24.1 Å². The Morgan fingerprint density at radius 1 is 1.17 bits per heavy atom. The summed E-state index contributed by atoms with van der Waals surface area (Å²) in [6.07, 6.45) is 3.92. The molecule has 3 rings (SSSR count). The van der Waals surface area contributed by atoms with E-state index >= 15 is 0 Å². The molecule has 0 aliphatic carbocycles. The molecule has 1 aliphatic rings. The number of nitrogens with zero attached hydrogens (tertiary/aromatic N) is 3. The lowest BCUT2D eigenvalue weighted by Crippen LogP contribution is -2.45. The molecule has 1 fully saturated rings. The summed E-state index contributed by atoms with van der Waals surface area (Å²) in [5.41, 5.74) is 0.0123. The highest BCUT2D eigenvalue weighted by atomic mass is 35.5. The van der Waals surface area contributed by atoms with Gasteiger partial charge in [0, 0.05) is 49.9 Å². The fraction of sp³-hybridized carbons (Fsp3) is 0.421. The summed E-state index contributed by atoms with van der Waals surface area (Å²) >= 11 is 0. The van der Waals surface area contributed by atoms with Gasteiger partial charge in [0.1, 0.15) is 23.5 Å². The normalized spacial score (nSPS) is 15.7. The van der Waals surface area contributed by atoms with Crippen LogP contribution in [0.25, 0.3) is 0 Å². The average molecular weight is 431 g/mol. The molecule has 1 aliphatic heterocycles. The maximum absolute atomic E-state index is 13.9. The van der Waals surface area contributed by atoms with Gasteiger partial charge in [0.05, 0.1) is 11.8 Å². The van der Waals surface area contributed by atoms with Gasteiger partial charge in [-0.1, -0.05) is 0 Å². The van der Waals surface area contributed by atoms with E-state index in [2.05, 4.69) is 10.4 Å². The van der Waals surface area contributed by atoms with E-state index < -0.39 is 40.8 Å². The molecule has 2 heterocycles. The number of aromatic nitrogens is 2. The Balaban J connectivity index is 0.00000300. The van der Waals surface area contributed by atoms with Gasteiger partial charge >= 0.3 is 0 Å². The van der Waals surface area contributed by atoms with Crippen LogP contribution in [0.1, 0.15) is 34.8 Å². The third-order valence-corrected chi connectivity index (χ3v) is 5.02. The molecule has 1 unspecified atom stereocenters. The Labute approximate surface area is 172 Å². The molecule has 1 amide bonds. The number of benzene rings is 1. The van der Waals surface area contributed by atoms with Crippen molar-refractivity contribution in [2.75, 3.05) is 20.1 Å². The number of carbonyl (C=O) groups is 2. The number of carbonyl (C=O) groups excluding carboxylic acids is 2. The van der Waals surface area contributed by atoms with Crippen LogP contribution in [0.4, 0.5) is 13.2 Å². The standard InChI is InChI=1S/C19H21F3N4O2.ClH/c1-23-17(12-9-24-25(2)10-12)19(28)26-5-3-11(4-6-26)18(27)16-14(21)7-13(20)8-15(16)22;/h7-11,17,23H,3-6H2,1-2H3;1H. The van der Waals surface area contributed by atoms with Gasteiger partial charge in [-0.3, -0.25) is 14.3 Å². The summed E-state index contributed by atoms with van der Waals surface area (Å²) in [5, 5.41) is 7.03. The number of likely N-dealkylation sites (tertiary alicyclic amines) is 1. The molecule has 29 heavy (non-hydrogen) atoms. The lowest BCUT2D eigenvalue weighted by molar-refractivity contribution is -0.134. The Morgan fingerprint density at radius 2 is 1.76 bits per heavy atom. The molecular formula is C19H22ClF3N4O2. The number of hydrogen-bond acceptors (Lipinski definition) is 4. The number of piperidine rings is 1. The number of hydrogen-bond donors (Lipinski definition) is 1. The maximum atomic E-state index is 13.9. The summed E-state index contributed by atoms with van der Waals surface area (Å²) in [6, 6.07) is 0.439. The summed E-state index contributed by atoms with van der Waals surface area (Å²) in [6.45, 7) is 0.580. The second-order valence-corrected chi connectivity index (χ2v) is 6.88. The minimum absolute atomic E-state index is 0. The van der Waals surface area contributed by atoms with E-state index in [1.807, 2.05) is 0 Å². The van der Waals surface area contributed by atoms with E-state index in [-0.39, 0.29) is 44.2 Å². The van der Waals surface area contributed by atoms with E-state index in [9.17, 15) is 22.8 Å². The summed E-state index contributed by atoms with van der Waals surface area (Å²) in [4.78, 5) is 26.9.